The number of rotatable bonds is 12. The van der Waals surface area contributed by atoms with Crippen molar-refractivity contribution in [3.05, 3.63) is 143 Å². The van der Waals surface area contributed by atoms with E-state index in [1.807, 2.05) is 0 Å². The summed E-state index contributed by atoms with van der Waals surface area (Å²) in [7, 11) is 0. The number of phenols is 3. The lowest BCUT2D eigenvalue weighted by atomic mass is 9.94. The first-order chi connectivity index (χ1) is 35.2. The lowest BCUT2D eigenvalue weighted by Crippen LogP contribution is -2.69. The molecule has 0 atom stereocenters. The Bertz CT molecular complexity index is 3630. The largest absolute Gasteiger partial charge is 0.508 e. The van der Waals surface area contributed by atoms with Gasteiger partial charge in [0.15, 0.2) is 24.0 Å². The highest BCUT2D eigenvalue weighted by atomic mass is 19.4. The van der Waals surface area contributed by atoms with E-state index >= 15 is 17.6 Å². The number of hydrogen-bond acceptors (Lipinski definition) is 6. The fourth-order valence-electron chi connectivity index (χ4n) is 8.35. The number of aromatic hydroxyl groups is 3. The number of halogens is 16. The van der Waals surface area contributed by atoms with E-state index in [-0.39, 0.29) is 61.9 Å². The van der Waals surface area contributed by atoms with Gasteiger partial charge in [-0.2, -0.15) is 52.7 Å². The molecule has 8 nitrogen and oxygen atoms in total. The first-order valence-electron chi connectivity index (χ1n) is 21.4. The molecule has 0 aliphatic carbocycles. The number of nitrogens with zero attached hydrogens (tertiary/aromatic N) is 2. The summed E-state index contributed by atoms with van der Waals surface area (Å²) in [6.07, 6.45) is -0.297. The average molecular weight is 1060 g/mol. The maximum atomic E-state index is 16.6. The van der Waals surface area contributed by atoms with Crippen molar-refractivity contribution in [3.8, 4) is 67.5 Å². The highest BCUT2D eigenvalue weighted by molar-refractivity contribution is 6.00. The standard InChI is InChI=1S/C51H28F16N4O4/c52-41-40(42(53)44(55)45(43(41)54)75-21-47(58,59)49(62,63)51(66,67)50(64,65)48(60,61)46(56)57)39-34-16-14-32(70-34)37(23-5-2-8-26(73)19-23)30-12-10-28(68-30)36(22-4-1-7-25(72)18-22)29-11-13-31(69-29)38(33-15-17-35(39)71-33)24-6-3-9-27(74)20-24/h1-20,46,68,71-74H,21H2. The minimum absolute atomic E-state index is 0.0169. The smallest absolute Gasteiger partial charge is 0.384 e. The van der Waals surface area contributed by atoms with Gasteiger partial charge in [0.1, 0.15) is 17.2 Å². The van der Waals surface area contributed by atoms with Crippen molar-refractivity contribution in [3.63, 3.8) is 0 Å². The molecule has 2 aliphatic rings. The minimum atomic E-state index is -8.06. The third-order valence-corrected chi connectivity index (χ3v) is 12.0. The van der Waals surface area contributed by atoms with Crippen LogP contribution in [-0.4, -0.2) is 77.9 Å². The molecule has 0 amide bonds. The quantitative estimate of drug-likeness (QED) is 0.0613. The Hall–Kier alpha value is -8.44. The van der Waals surface area contributed by atoms with Crippen molar-refractivity contribution in [1.82, 2.24) is 19.9 Å². The Morgan fingerprint density at radius 1 is 0.440 bits per heavy atom. The van der Waals surface area contributed by atoms with Gasteiger partial charge in [-0.05, 0) is 102 Å². The molecule has 2 aliphatic heterocycles. The Kier molecular flexibility index (Phi) is 12.5. The monoisotopic (exact) mass is 1060 g/mol. The average Bonchev–Trinajstić information content (AvgIpc) is 4.20. The first kappa shape index (κ1) is 51.5. The summed E-state index contributed by atoms with van der Waals surface area (Å²) in [6, 6.07) is 23.0. The van der Waals surface area contributed by atoms with Crippen LogP contribution < -0.4 is 4.74 Å². The number of hydrogen-bond donors (Lipinski definition) is 5. The van der Waals surface area contributed by atoms with Crippen molar-refractivity contribution in [2.45, 2.75) is 36.0 Å². The molecule has 3 aromatic heterocycles. The zero-order valence-electron chi connectivity index (χ0n) is 37.0. The fraction of sp³-hybridized carbons (Fsp3) is 0.137. The van der Waals surface area contributed by atoms with Gasteiger partial charge >= 0.3 is 36.0 Å². The van der Waals surface area contributed by atoms with E-state index in [9.17, 15) is 68.0 Å². The second kappa shape index (κ2) is 18.2. The molecule has 0 saturated carbocycles. The van der Waals surface area contributed by atoms with Gasteiger partial charge in [0, 0.05) is 44.3 Å². The zero-order chi connectivity index (χ0) is 54.3. The molecular weight excluding hydrogens is 1040 g/mol. The van der Waals surface area contributed by atoms with Gasteiger partial charge in [-0.3, -0.25) is 0 Å². The molecule has 0 saturated heterocycles. The fourth-order valence-corrected chi connectivity index (χ4v) is 8.35. The Morgan fingerprint density at radius 2 is 0.787 bits per heavy atom. The van der Waals surface area contributed by atoms with Gasteiger partial charge in [0.05, 0.1) is 28.3 Å². The van der Waals surface area contributed by atoms with Crippen molar-refractivity contribution < 1.29 is 90.3 Å². The van der Waals surface area contributed by atoms with Crippen LogP contribution >= 0.6 is 0 Å². The third-order valence-electron chi connectivity index (χ3n) is 12.0. The number of phenolic OH excluding ortho intramolecular Hbond substituents is 3. The summed E-state index contributed by atoms with van der Waals surface area (Å²) < 4.78 is 236. The lowest BCUT2D eigenvalue weighted by molar-refractivity contribution is -0.414. The molecular formula is C51H28F16N4O4. The van der Waals surface area contributed by atoms with E-state index in [4.69, 9.17) is 4.98 Å². The highest BCUT2D eigenvalue weighted by Crippen LogP contribution is 2.58. The molecule has 0 spiro atoms. The second-order valence-corrected chi connectivity index (χ2v) is 16.8. The molecule has 4 aromatic carbocycles. The van der Waals surface area contributed by atoms with Gasteiger partial charge in [0.25, 0.3) is 0 Å². The van der Waals surface area contributed by atoms with E-state index in [0.29, 0.717) is 22.3 Å². The third kappa shape index (κ3) is 8.40. The van der Waals surface area contributed by atoms with Gasteiger partial charge in [-0.15, -0.1) is 0 Å². The Labute approximate surface area is 409 Å². The number of nitrogens with one attached hydrogen (secondary N) is 2. The van der Waals surface area contributed by atoms with Crippen molar-refractivity contribution in [2.75, 3.05) is 6.61 Å². The van der Waals surface area contributed by atoms with Crippen LogP contribution in [0.15, 0.2) is 97.1 Å². The molecule has 9 rings (SSSR count). The van der Waals surface area contributed by atoms with Crippen LogP contribution in [0.2, 0.25) is 0 Å². The van der Waals surface area contributed by atoms with Crippen LogP contribution in [0.25, 0.3) is 90.9 Å². The topological polar surface area (TPSA) is 127 Å². The van der Waals surface area contributed by atoms with Gasteiger partial charge < -0.3 is 30.0 Å². The maximum Gasteiger partial charge on any atom is 0.384 e. The number of aromatic nitrogens is 4. The summed E-state index contributed by atoms with van der Waals surface area (Å²) in [5.41, 5.74) is -0.845. The SMILES string of the molecule is Oc1cccc(-c2c3nc(c(-c4cccc(O)c4)c4ccc([nH]4)c(-c4c(F)c(F)c(OCC(F)(F)C(F)(F)C(F)(F)C(F)(F)C(F)(F)C(F)F)c(F)c4F)c4nc(c(-c5cccc(O)c5)c5ccc2[nH]5)C=C4)C=C3)c1. The van der Waals surface area contributed by atoms with Gasteiger partial charge in [-0.1, -0.05) is 36.4 Å². The van der Waals surface area contributed by atoms with Crippen molar-refractivity contribution in [2.24, 2.45) is 0 Å². The van der Waals surface area contributed by atoms with Gasteiger partial charge in [0.2, 0.25) is 11.6 Å². The summed E-state index contributed by atoms with van der Waals surface area (Å²) in [6.45, 7) is -3.60. The number of ether oxygens (including phenoxy) is 1. The molecule has 5 N–H and O–H groups in total. The zero-order valence-corrected chi connectivity index (χ0v) is 37.0. The summed E-state index contributed by atoms with van der Waals surface area (Å²) in [5.74, 6) is -52.2. The van der Waals surface area contributed by atoms with Crippen LogP contribution in [0.3, 0.4) is 0 Å². The Balaban J connectivity index is 1.31. The van der Waals surface area contributed by atoms with Crippen LogP contribution in [-0.2, 0) is 0 Å². The minimum Gasteiger partial charge on any atom is -0.508 e. The number of aromatic amines is 2. The molecule has 388 valence electrons. The van der Waals surface area contributed by atoms with Crippen LogP contribution in [0.4, 0.5) is 70.2 Å². The first-order valence-corrected chi connectivity index (χ1v) is 21.4. The number of H-pyrrole nitrogens is 2. The van der Waals surface area contributed by atoms with Crippen molar-refractivity contribution in [1.29, 1.82) is 0 Å². The summed E-state index contributed by atoms with van der Waals surface area (Å²) in [4.78, 5) is 15.6. The van der Waals surface area contributed by atoms with E-state index in [1.165, 1.54) is 72.8 Å². The van der Waals surface area contributed by atoms with E-state index in [0.717, 1.165) is 12.1 Å². The predicted octanol–water partition coefficient (Wildman–Crippen LogP) is 14.8. The van der Waals surface area contributed by atoms with E-state index < -0.39 is 94.0 Å². The summed E-state index contributed by atoms with van der Waals surface area (Å²) in [5, 5.41) is 31.7. The molecule has 0 radical (unpaired) electrons. The maximum absolute atomic E-state index is 16.6. The lowest BCUT2D eigenvalue weighted by Gasteiger charge is -2.39. The van der Waals surface area contributed by atoms with Crippen LogP contribution in [0.5, 0.6) is 23.0 Å². The molecule has 0 unspecified atom stereocenters. The molecule has 75 heavy (non-hydrogen) atoms. The number of fused-ring (bicyclic) bond motifs is 8. The van der Waals surface area contributed by atoms with E-state index in [2.05, 4.69) is 19.7 Å². The van der Waals surface area contributed by atoms with Crippen LogP contribution in [0.1, 0.15) is 22.8 Å². The van der Waals surface area contributed by atoms with Crippen LogP contribution in [0, 0.1) is 23.3 Å². The molecule has 8 bridgehead atoms. The normalized spacial score (nSPS) is 13.3. The molecule has 0 fully saturated rings. The number of benzene rings is 4. The highest BCUT2D eigenvalue weighted by Gasteiger charge is 2.88. The van der Waals surface area contributed by atoms with E-state index in [1.54, 1.807) is 36.4 Å². The van der Waals surface area contributed by atoms with Gasteiger partial charge in [-0.25, -0.2) is 27.5 Å². The molecule has 5 heterocycles. The molecule has 7 aromatic rings. The summed E-state index contributed by atoms with van der Waals surface area (Å²) >= 11 is 0. The number of alkyl halides is 12. The molecule has 24 heteroatoms. The second-order valence-electron chi connectivity index (χ2n) is 16.8. The predicted molar refractivity (Wildman–Crippen MR) is 242 cm³/mol. The van der Waals surface area contributed by atoms with Crippen molar-refractivity contribution >= 4 is 46.4 Å². The Morgan fingerprint density at radius 3 is 1.13 bits per heavy atom.